The Balaban J connectivity index is 1.44. The molecule has 1 unspecified atom stereocenters. The van der Waals surface area contributed by atoms with Crippen LogP contribution in [0.5, 0.6) is 5.88 Å². The molecular formula is C20H16N4O3. The number of ether oxygens (including phenoxy) is 1. The molecule has 0 bridgehead atoms. The van der Waals surface area contributed by atoms with Crippen LogP contribution in [0, 0.1) is 11.3 Å². The summed E-state index contributed by atoms with van der Waals surface area (Å²) in [4.78, 5) is 33.9. The average molecular weight is 360 g/mol. The van der Waals surface area contributed by atoms with E-state index in [1.807, 2.05) is 30.3 Å². The summed E-state index contributed by atoms with van der Waals surface area (Å²) in [6.07, 6.45) is 3.43. The first kappa shape index (κ1) is 16.8. The predicted molar refractivity (Wildman–Crippen MR) is 97.2 cm³/mol. The van der Waals surface area contributed by atoms with Gasteiger partial charge in [-0.1, -0.05) is 18.2 Å². The summed E-state index contributed by atoms with van der Waals surface area (Å²) in [5.41, 5.74) is 1.66. The molecule has 1 amide bonds. The molecule has 1 N–H and O–H groups in total. The molecule has 1 aliphatic heterocycles. The molecule has 1 saturated heterocycles. The van der Waals surface area contributed by atoms with Gasteiger partial charge in [0.2, 0.25) is 5.88 Å². The highest BCUT2D eigenvalue weighted by Crippen LogP contribution is 2.21. The van der Waals surface area contributed by atoms with E-state index >= 15 is 0 Å². The Hall–Kier alpha value is -3.66. The van der Waals surface area contributed by atoms with Crippen LogP contribution in [0.3, 0.4) is 0 Å². The highest BCUT2D eigenvalue weighted by atomic mass is 16.5. The number of rotatable bonds is 4. The normalized spacial score (nSPS) is 16.3. The molecule has 7 nitrogen and oxygen atoms in total. The van der Waals surface area contributed by atoms with Crippen molar-refractivity contribution in [3.63, 3.8) is 0 Å². The zero-order chi connectivity index (χ0) is 18.8. The lowest BCUT2D eigenvalue weighted by atomic mass is 10.1. The fourth-order valence-corrected chi connectivity index (χ4v) is 3.24. The minimum absolute atomic E-state index is 0.258. The topological polar surface area (TPSA) is 99.1 Å². The molecule has 0 aliphatic carbocycles. The first-order chi connectivity index (χ1) is 13.2. The van der Waals surface area contributed by atoms with Crippen molar-refractivity contribution >= 4 is 22.6 Å². The van der Waals surface area contributed by atoms with Crippen molar-refractivity contribution in [2.45, 2.75) is 12.5 Å². The largest absolute Gasteiger partial charge is 0.472 e. The lowest BCUT2D eigenvalue weighted by Crippen LogP contribution is -2.36. The predicted octanol–water partition coefficient (Wildman–Crippen LogP) is 2.30. The molecule has 0 saturated carbocycles. The Bertz CT molecular complexity index is 1070. The summed E-state index contributed by atoms with van der Waals surface area (Å²) >= 11 is 0. The maximum Gasteiger partial charge on any atom is 0.295 e. The van der Waals surface area contributed by atoms with Crippen LogP contribution in [0.15, 0.2) is 48.8 Å². The van der Waals surface area contributed by atoms with Gasteiger partial charge in [0, 0.05) is 42.3 Å². The number of H-pyrrole nitrogens is 1. The number of hydrogen-bond acceptors (Lipinski definition) is 5. The Morgan fingerprint density at radius 3 is 3.00 bits per heavy atom. The van der Waals surface area contributed by atoms with Crippen molar-refractivity contribution in [2.75, 3.05) is 13.1 Å². The number of ketones is 1. The monoisotopic (exact) mass is 360 g/mol. The third-order valence-electron chi connectivity index (χ3n) is 4.61. The van der Waals surface area contributed by atoms with E-state index in [4.69, 9.17) is 10.00 Å². The van der Waals surface area contributed by atoms with E-state index in [1.165, 1.54) is 11.1 Å². The summed E-state index contributed by atoms with van der Waals surface area (Å²) < 4.78 is 5.77. The Kier molecular flexibility index (Phi) is 4.30. The number of Topliss-reactive ketones (excluding diaryl/α,β-unsaturated/α-hetero) is 1. The van der Waals surface area contributed by atoms with Crippen molar-refractivity contribution in [3.8, 4) is 11.9 Å². The molecule has 1 aromatic carbocycles. The molecule has 0 radical (unpaired) electrons. The van der Waals surface area contributed by atoms with E-state index in [9.17, 15) is 9.59 Å². The van der Waals surface area contributed by atoms with Gasteiger partial charge < -0.3 is 14.6 Å². The number of nitrogens with zero attached hydrogens (tertiary/aromatic N) is 3. The first-order valence-electron chi connectivity index (χ1n) is 8.58. The number of nitriles is 1. The van der Waals surface area contributed by atoms with Gasteiger partial charge in [-0.3, -0.25) is 9.59 Å². The molecule has 2 aromatic heterocycles. The fraction of sp³-hybridized carbons (Fsp3) is 0.200. The summed E-state index contributed by atoms with van der Waals surface area (Å²) in [5.74, 6) is -0.724. The Morgan fingerprint density at radius 2 is 2.15 bits per heavy atom. The van der Waals surface area contributed by atoms with Crippen molar-refractivity contribution < 1.29 is 14.3 Å². The molecular weight excluding hydrogens is 344 g/mol. The number of amides is 1. The van der Waals surface area contributed by atoms with E-state index in [2.05, 4.69) is 9.97 Å². The second-order valence-corrected chi connectivity index (χ2v) is 6.35. The van der Waals surface area contributed by atoms with Crippen LogP contribution >= 0.6 is 0 Å². The molecule has 0 spiro atoms. The quantitative estimate of drug-likeness (QED) is 0.568. The Morgan fingerprint density at radius 1 is 1.30 bits per heavy atom. The van der Waals surface area contributed by atoms with E-state index in [0.29, 0.717) is 36.5 Å². The van der Waals surface area contributed by atoms with E-state index < -0.39 is 11.7 Å². The third-order valence-corrected chi connectivity index (χ3v) is 4.61. The smallest absolute Gasteiger partial charge is 0.295 e. The van der Waals surface area contributed by atoms with Gasteiger partial charge in [0.25, 0.3) is 11.7 Å². The first-order valence-corrected chi connectivity index (χ1v) is 8.58. The van der Waals surface area contributed by atoms with Crippen LogP contribution in [0.4, 0.5) is 0 Å². The van der Waals surface area contributed by atoms with Gasteiger partial charge in [-0.25, -0.2) is 4.98 Å². The number of aromatic amines is 1. The molecule has 3 aromatic rings. The fourth-order valence-electron chi connectivity index (χ4n) is 3.24. The molecule has 7 heteroatoms. The van der Waals surface area contributed by atoms with E-state index in [-0.39, 0.29) is 6.10 Å². The standard InChI is InChI=1S/C20H16N4O3/c21-10-13-5-7-22-18(9-13)27-14-6-8-24(12-14)20(26)19(25)16-11-23-17-4-2-1-3-15(16)17/h1-5,7,9,11,14,23H,6,8,12H2. The van der Waals surface area contributed by atoms with Gasteiger partial charge in [0.15, 0.2) is 0 Å². The highest BCUT2D eigenvalue weighted by Gasteiger charge is 2.32. The van der Waals surface area contributed by atoms with Crippen LogP contribution in [0.1, 0.15) is 22.3 Å². The maximum absolute atomic E-state index is 12.7. The van der Waals surface area contributed by atoms with Crippen LogP contribution in [-0.2, 0) is 4.79 Å². The van der Waals surface area contributed by atoms with Crippen LogP contribution < -0.4 is 4.74 Å². The molecule has 3 heterocycles. The molecule has 1 atom stereocenters. The number of carbonyl (C=O) groups excluding carboxylic acids is 2. The minimum Gasteiger partial charge on any atom is -0.472 e. The zero-order valence-electron chi connectivity index (χ0n) is 14.4. The number of nitrogens with one attached hydrogen (secondary N) is 1. The van der Waals surface area contributed by atoms with Gasteiger partial charge in [-0.2, -0.15) is 5.26 Å². The number of likely N-dealkylation sites (tertiary alicyclic amines) is 1. The summed E-state index contributed by atoms with van der Waals surface area (Å²) in [6.45, 7) is 0.751. The number of hydrogen-bond donors (Lipinski definition) is 1. The number of fused-ring (bicyclic) bond motifs is 1. The summed E-state index contributed by atoms with van der Waals surface area (Å²) in [5, 5.41) is 9.67. The van der Waals surface area contributed by atoms with E-state index in [0.717, 1.165) is 10.9 Å². The van der Waals surface area contributed by atoms with Gasteiger partial charge in [0.1, 0.15) is 6.10 Å². The van der Waals surface area contributed by atoms with Gasteiger partial charge in [-0.15, -0.1) is 0 Å². The molecule has 27 heavy (non-hydrogen) atoms. The summed E-state index contributed by atoms with van der Waals surface area (Å²) in [6, 6.07) is 12.6. The van der Waals surface area contributed by atoms with Crippen molar-refractivity contribution in [3.05, 3.63) is 59.9 Å². The second-order valence-electron chi connectivity index (χ2n) is 6.35. The van der Waals surface area contributed by atoms with Crippen molar-refractivity contribution in [2.24, 2.45) is 0 Å². The van der Waals surface area contributed by atoms with Gasteiger partial charge in [-0.05, 0) is 12.1 Å². The number of para-hydroxylation sites is 1. The van der Waals surface area contributed by atoms with Crippen LogP contribution in [0.25, 0.3) is 10.9 Å². The van der Waals surface area contributed by atoms with E-state index in [1.54, 1.807) is 18.3 Å². The number of carbonyl (C=O) groups is 2. The zero-order valence-corrected chi connectivity index (χ0v) is 14.4. The van der Waals surface area contributed by atoms with Crippen molar-refractivity contribution in [1.82, 2.24) is 14.9 Å². The molecule has 1 fully saturated rings. The van der Waals surface area contributed by atoms with Crippen LogP contribution in [0.2, 0.25) is 0 Å². The highest BCUT2D eigenvalue weighted by molar-refractivity contribution is 6.44. The van der Waals surface area contributed by atoms with Crippen LogP contribution in [-0.4, -0.2) is 45.8 Å². The molecule has 4 rings (SSSR count). The minimum atomic E-state index is -0.537. The number of benzene rings is 1. The SMILES string of the molecule is N#Cc1ccnc(OC2CCN(C(=O)C(=O)c3c[nH]c4ccccc34)C2)c1. The van der Waals surface area contributed by atoms with Gasteiger partial charge >= 0.3 is 0 Å². The van der Waals surface area contributed by atoms with Gasteiger partial charge in [0.05, 0.1) is 23.7 Å². The number of pyridine rings is 1. The second kappa shape index (κ2) is 6.92. The average Bonchev–Trinajstić information content (AvgIpc) is 3.34. The molecule has 134 valence electrons. The number of aromatic nitrogens is 2. The maximum atomic E-state index is 12.7. The lowest BCUT2D eigenvalue weighted by molar-refractivity contribution is -0.125. The third kappa shape index (κ3) is 3.25. The Labute approximate surface area is 155 Å². The summed E-state index contributed by atoms with van der Waals surface area (Å²) in [7, 11) is 0. The lowest BCUT2D eigenvalue weighted by Gasteiger charge is -2.16. The van der Waals surface area contributed by atoms with Crippen molar-refractivity contribution in [1.29, 1.82) is 5.26 Å². The molecule has 1 aliphatic rings.